The monoisotopic (exact) mass is 255 g/mol. The van der Waals surface area contributed by atoms with E-state index in [0.29, 0.717) is 18.9 Å². The number of ether oxygens (including phenoxy) is 1. The summed E-state index contributed by atoms with van der Waals surface area (Å²) < 4.78 is 5.31. The van der Waals surface area contributed by atoms with E-state index < -0.39 is 11.9 Å². The molecule has 2 aliphatic rings. The van der Waals surface area contributed by atoms with Crippen LogP contribution in [0.2, 0.25) is 0 Å². The van der Waals surface area contributed by atoms with Crippen molar-refractivity contribution < 1.29 is 19.4 Å². The molecule has 0 aromatic rings. The minimum atomic E-state index is -0.840. The first-order valence-electron chi connectivity index (χ1n) is 6.75. The molecule has 0 bridgehead atoms. The zero-order valence-electron chi connectivity index (χ0n) is 10.6. The van der Waals surface area contributed by atoms with Gasteiger partial charge in [0.2, 0.25) is 5.91 Å². The maximum atomic E-state index is 11.8. The topological polar surface area (TPSA) is 66.8 Å². The van der Waals surface area contributed by atoms with Crippen LogP contribution in [0.25, 0.3) is 0 Å². The Labute approximate surface area is 107 Å². The third kappa shape index (κ3) is 3.45. The molecule has 102 valence electrons. The Bertz CT molecular complexity index is 312. The van der Waals surface area contributed by atoms with Crippen LogP contribution in [0.1, 0.15) is 32.1 Å². The van der Waals surface area contributed by atoms with Gasteiger partial charge in [0, 0.05) is 32.7 Å². The summed E-state index contributed by atoms with van der Waals surface area (Å²) in [7, 11) is 0. The highest BCUT2D eigenvalue weighted by Crippen LogP contribution is 2.22. The first-order chi connectivity index (χ1) is 8.66. The van der Waals surface area contributed by atoms with E-state index in [4.69, 9.17) is 9.84 Å². The standard InChI is InChI=1S/C13H21NO4/c15-12-9-11(13(16)17)2-6-14(12)5-1-10-3-7-18-8-4-10/h10-11H,1-9H2,(H,16,17). The molecule has 1 N–H and O–H groups in total. The lowest BCUT2D eigenvalue weighted by Crippen LogP contribution is -2.42. The van der Waals surface area contributed by atoms with E-state index in [2.05, 4.69) is 0 Å². The van der Waals surface area contributed by atoms with Crippen LogP contribution in [-0.4, -0.2) is 48.2 Å². The molecule has 0 aliphatic carbocycles. The summed E-state index contributed by atoms with van der Waals surface area (Å²) in [6.07, 6.45) is 3.95. The number of hydrogen-bond acceptors (Lipinski definition) is 3. The predicted molar refractivity (Wildman–Crippen MR) is 65.1 cm³/mol. The second-order valence-corrected chi connectivity index (χ2v) is 5.25. The number of aliphatic carboxylic acids is 1. The fraction of sp³-hybridized carbons (Fsp3) is 0.846. The Morgan fingerprint density at radius 2 is 2.06 bits per heavy atom. The molecule has 1 amide bonds. The zero-order valence-corrected chi connectivity index (χ0v) is 10.6. The van der Waals surface area contributed by atoms with Gasteiger partial charge in [-0.3, -0.25) is 9.59 Å². The van der Waals surface area contributed by atoms with Crippen molar-refractivity contribution in [2.75, 3.05) is 26.3 Å². The molecule has 5 heteroatoms. The lowest BCUT2D eigenvalue weighted by molar-refractivity contribution is -0.149. The number of nitrogens with zero attached hydrogens (tertiary/aromatic N) is 1. The summed E-state index contributed by atoms with van der Waals surface area (Å²) in [6, 6.07) is 0. The Morgan fingerprint density at radius 1 is 1.33 bits per heavy atom. The minimum Gasteiger partial charge on any atom is -0.481 e. The van der Waals surface area contributed by atoms with E-state index in [0.717, 1.165) is 39.0 Å². The molecule has 2 saturated heterocycles. The van der Waals surface area contributed by atoms with Gasteiger partial charge in [-0.1, -0.05) is 0 Å². The van der Waals surface area contributed by atoms with Crippen molar-refractivity contribution >= 4 is 11.9 Å². The van der Waals surface area contributed by atoms with Crippen LogP contribution in [0.4, 0.5) is 0 Å². The van der Waals surface area contributed by atoms with Gasteiger partial charge in [-0.05, 0) is 31.6 Å². The van der Waals surface area contributed by atoms with Crippen molar-refractivity contribution in [3.05, 3.63) is 0 Å². The van der Waals surface area contributed by atoms with Gasteiger partial charge < -0.3 is 14.7 Å². The number of piperidine rings is 1. The Morgan fingerprint density at radius 3 is 2.67 bits per heavy atom. The molecule has 0 aromatic carbocycles. The number of carboxylic acid groups (broad SMARTS) is 1. The molecule has 5 nitrogen and oxygen atoms in total. The molecule has 1 unspecified atom stereocenters. The number of carbonyl (C=O) groups excluding carboxylic acids is 1. The van der Waals surface area contributed by atoms with Crippen LogP contribution in [0.3, 0.4) is 0 Å². The Hall–Kier alpha value is -1.10. The van der Waals surface area contributed by atoms with Crippen LogP contribution < -0.4 is 0 Å². The first-order valence-corrected chi connectivity index (χ1v) is 6.75. The normalized spacial score (nSPS) is 26.3. The molecule has 0 spiro atoms. The van der Waals surface area contributed by atoms with Crippen molar-refractivity contribution in [1.82, 2.24) is 4.90 Å². The van der Waals surface area contributed by atoms with Crippen LogP contribution in [0, 0.1) is 11.8 Å². The number of hydrogen-bond donors (Lipinski definition) is 1. The fourth-order valence-corrected chi connectivity index (χ4v) is 2.70. The average molecular weight is 255 g/mol. The van der Waals surface area contributed by atoms with E-state index in [1.165, 1.54) is 0 Å². The van der Waals surface area contributed by atoms with Gasteiger partial charge >= 0.3 is 5.97 Å². The van der Waals surface area contributed by atoms with Crippen molar-refractivity contribution in [2.24, 2.45) is 11.8 Å². The predicted octanol–water partition coefficient (Wildman–Crippen LogP) is 1.13. The van der Waals surface area contributed by atoms with Gasteiger partial charge in [0.1, 0.15) is 0 Å². The van der Waals surface area contributed by atoms with Gasteiger partial charge in [0.15, 0.2) is 0 Å². The van der Waals surface area contributed by atoms with E-state index in [-0.39, 0.29) is 12.3 Å². The maximum Gasteiger partial charge on any atom is 0.307 e. The highest BCUT2D eigenvalue weighted by atomic mass is 16.5. The highest BCUT2D eigenvalue weighted by Gasteiger charge is 2.30. The van der Waals surface area contributed by atoms with E-state index in [9.17, 15) is 9.59 Å². The number of amides is 1. The van der Waals surface area contributed by atoms with Crippen molar-refractivity contribution in [1.29, 1.82) is 0 Å². The zero-order chi connectivity index (χ0) is 13.0. The van der Waals surface area contributed by atoms with Crippen molar-refractivity contribution in [2.45, 2.75) is 32.1 Å². The maximum absolute atomic E-state index is 11.8. The molecule has 18 heavy (non-hydrogen) atoms. The van der Waals surface area contributed by atoms with Gasteiger partial charge in [-0.25, -0.2) is 0 Å². The molecule has 0 saturated carbocycles. The summed E-state index contributed by atoms with van der Waals surface area (Å²) in [5.41, 5.74) is 0. The largest absolute Gasteiger partial charge is 0.481 e. The fourth-order valence-electron chi connectivity index (χ4n) is 2.70. The van der Waals surface area contributed by atoms with E-state index in [1.807, 2.05) is 4.90 Å². The highest BCUT2D eigenvalue weighted by molar-refractivity contribution is 5.83. The molecule has 0 aromatic heterocycles. The van der Waals surface area contributed by atoms with Crippen molar-refractivity contribution in [3.8, 4) is 0 Å². The van der Waals surface area contributed by atoms with Crippen LogP contribution >= 0.6 is 0 Å². The first kappa shape index (κ1) is 13.3. The van der Waals surface area contributed by atoms with Crippen LogP contribution in [0.15, 0.2) is 0 Å². The summed E-state index contributed by atoms with van der Waals surface area (Å²) in [6.45, 7) is 3.04. The van der Waals surface area contributed by atoms with E-state index in [1.54, 1.807) is 0 Å². The summed E-state index contributed by atoms with van der Waals surface area (Å²) in [5.74, 6) is -0.659. The molecule has 2 fully saturated rings. The minimum absolute atomic E-state index is 0.000657. The second kappa shape index (κ2) is 6.18. The Kier molecular flexibility index (Phi) is 4.58. The second-order valence-electron chi connectivity index (χ2n) is 5.25. The van der Waals surface area contributed by atoms with E-state index >= 15 is 0 Å². The lowest BCUT2D eigenvalue weighted by Gasteiger charge is -2.31. The average Bonchev–Trinajstić information content (AvgIpc) is 2.38. The summed E-state index contributed by atoms with van der Waals surface area (Å²) >= 11 is 0. The molecule has 2 rings (SSSR count). The van der Waals surface area contributed by atoms with Crippen molar-refractivity contribution in [3.63, 3.8) is 0 Å². The number of rotatable bonds is 4. The van der Waals surface area contributed by atoms with Gasteiger partial charge in [0.25, 0.3) is 0 Å². The third-order valence-corrected chi connectivity index (χ3v) is 4.02. The smallest absolute Gasteiger partial charge is 0.307 e. The van der Waals surface area contributed by atoms with Crippen LogP contribution in [0.5, 0.6) is 0 Å². The SMILES string of the molecule is O=C(O)C1CCN(CCC2CCOCC2)C(=O)C1. The number of carboxylic acids is 1. The van der Waals surface area contributed by atoms with Gasteiger partial charge in [0.05, 0.1) is 5.92 Å². The lowest BCUT2D eigenvalue weighted by atomic mass is 9.93. The molecular formula is C13H21NO4. The number of likely N-dealkylation sites (tertiary alicyclic amines) is 1. The quantitative estimate of drug-likeness (QED) is 0.817. The van der Waals surface area contributed by atoms with Gasteiger partial charge in [-0.2, -0.15) is 0 Å². The van der Waals surface area contributed by atoms with Gasteiger partial charge in [-0.15, -0.1) is 0 Å². The molecule has 1 atom stereocenters. The molecule has 0 radical (unpaired) electrons. The molecule has 2 aliphatic heterocycles. The summed E-state index contributed by atoms with van der Waals surface area (Å²) in [4.78, 5) is 24.5. The molecule has 2 heterocycles. The summed E-state index contributed by atoms with van der Waals surface area (Å²) in [5, 5.41) is 8.89. The third-order valence-electron chi connectivity index (χ3n) is 4.02. The number of carbonyl (C=O) groups is 2. The van der Waals surface area contributed by atoms with Crippen LogP contribution in [-0.2, 0) is 14.3 Å². The Balaban J connectivity index is 1.73. The molecular weight excluding hydrogens is 234 g/mol.